The highest BCUT2D eigenvalue weighted by atomic mass is 19.1. The lowest BCUT2D eigenvalue weighted by atomic mass is 9.96. The molecule has 3 N–H and O–H groups in total. The van der Waals surface area contributed by atoms with Gasteiger partial charge >= 0.3 is 0 Å². The molecule has 7 nitrogen and oxygen atoms in total. The van der Waals surface area contributed by atoms with Gasteiger partial charge in [-0.3, -0.25) is 19.5 Å². The molecule has 4 rings (SSSR count). The second kappa shape index (κ2) is 6.22. The molecule has 3 heterocycles. The maximum absolute atomic E-state index is 14.0. The fourth-order valence-electron chi connectivity index (χ4n) is 3.68. The molecule has 0 saturated carbocycles. The second-order valence-electron chi connectivity index (χ2n) is 7.04. The number of pyridine rings is 1. The molecule has 0 radical (unpaired) electrons. The molecule has 1 aromatic carbocycles. The fourth-order valence-corrected chi connectivity index (χ4v) is 3.68. The average molecular weight is 370 g/mol. The number of hydrogen-bond donors (Lipinski definition) is 3. The lowest BCUT2D eigenvalue weighted by molar-refractivity contribution is 0.0937. The first-order chi connectivity index (χ1) is 12.8. The number of carbonyl (C=O) groups excluding carboxylic acids is 1. The van der Waals surface area contributed by atoms with Crippen LogP contribution in [0.2, 0.25) is 0 Å². The molecule has 0 bridgehead atoms. The summed E-state index contributed by atoms with van der Waals surface area (Å²) < 4.78 is 15.9. The van der Waals surface area contributed by atoms with Crippen LogP contribution in [-0.2, 0) is 6.42 Å². The molecule has 2 unspecified atom stereocenters. The molecular weight excluding hydrogens is 351 g/mol. The summed E-state index contributed by atoms with van der Waals surface area (Å²) in [5.41, 5.74) is 1.13. The number of nitrogens with zero attached hydrogens (tertiary/aromatic N) is 1. The first-order valence-corrected chi connectivity index (χ1v) is 8.81. The minimum Gasteiger partial charge on any atom is -0.344 e. The highest BCUT2D eigenvalue weighted by Gasteiger charge is 2.24. The summed E-state index contributed by atoms with van der Waals surface area (Å²) in [5, 5.41) is 8.00. The Hall–Kier alpha value is -3.16. The Morgan fingerprint density at radius 1 is 1.30 bits per heavy atom. The molecular formula is C19H19FN4O3. The lowest BCUT2D eigenvalue weighted by Crippen LogP contribution is -2.33. The van der Waals surface area contributed by atoms with Crippen molar-refractivity contribution in [1.82, 2.24) is 20.1 Å². The zero-order chi connectivity index (χ0) is 19.3. The van der Waals surface area contributed by atoms with Gasteiger partial charge in [-0.2, -0.15) is 0 Å². The summed E-state index contributed by atoms with van der Waals surface area (Å²) in [7, 11) is 0. The first kappa shape index (κ1) is 17.3. The van der Waals surface area contributed by atoms with Gasteiger partial charge in [0.15, 0.2) is 0 Å². The highest BCUT2D eigenvalue weighted by Crippen LogP contribution is 2.30. The van der Waals surface area contributed by atoms with E-state index in [9.17, 15) is 18.8 Å². The van der Waals surface area contributed by atoms with Crippen molar-refractivity contribution < 1.29 is 9.18 Å². The molecule has 0 aliphatic carbocycles. The predicted molar refractivity (Wildman–Crippen MR) is 98.5 cm³/mol. The Bertz CT molecular complexity index is 1170. The van der Waals surface area contributed by atoms with Gasteiger partial charge < -0.3 is 15.0 Å². The molecule has 1 aliphatic rings. The third kappa shape index (κ3) is 2.87. The van der Waals surface area contributed by atoms with Crippen molar-refractivity contribution in [2.24, 2.45) is 0 Å². The van der Waals surface area contributed by atoms with Crippen LogP contribution in [0.3, 0.4) is 0 Å². The smallest absolute Gasteiger partial charge is 0.264 e. The van der Waals surface area contributed by atoms with Crippen molar-refractivity contribution in [2.75, 3.05) is 0 Å². The summed E-state index contributed by atoms with van der Waals surface area (Å²) in [6.07, 6.45) is 3.05. The SMILES string of the molecule is CC(NC(=O)c1cn2c3c(cc(F)cc3c1=O)CCC2C)c1cc(=O)[nH][nH]1. The summed E-state index contributed by atoms with van der Waals surface area (Å²) in [6.45, 7) is 3.70. The Morgan fingerprint density at radius 3 is 2.78 bits per heavy atom. The van der Waals surface area contributed by atoms with Crippen LogP contribution in [0.25, 0.3) is 10.9 Å². The van der Waals surface area contributed by atoms with E-state index < -0.39 is 23.2 Å². The van der Waals surface area contributed by atoms with Crippen LogP contribution in [0.4, 0.5) is 4.39 Å². The molecule has 3 aromatic rings. The van der Waals surface area contributed by atoms with E-state index in [0.717, 1.165) is 12.0 Å². The van der Waals surface area contributed by atoms with Crippen molar-refractivity contribution in [3.05, 3.63) is 67.6 Å². The predicted octanol–water partition coefficient (Wildman–Crippen LogP) is 2.16. The van der Waals surface area contributed by atoms with E-state index in [1.165, 1.54) is 18.2 Å². The van der Waals surface area contributed by atoms with Gasteiger partial charge in [-0.05, 0) is 44.4 Å². The largest absolute Gasteiger partial charge is 0.344 e. The second-order valence-corrected chi connectivity index (χ2v) is 7.04. The number of aryl methyl sites for hydroxylation is 1. The van der Waals surface area contributed by atoms with E-state index in [2.05, 4.69) is 15.5 Å². The van der Waals surface area contributed by atoms with Crippen LogP contribution in [-0.4, -0.2) is 20.7 Å². The van der Waals surface area contributed by atoms with E-state index in [4.69, 9.17) is 0 Å². The maximum atomic E-state index is 14.0. The molecule has 1 aliphatic heterocycles. The van der Waals surface area contributed by atoms with Crippen molar-refractivity contribution >= 4 is 16.8 Å². The molecule has 1 amide bonds. The van der Waals surface area contributed by atoms with Crippen LogP contribution in [0, 0.1) is 5.82 Å². The summed E-state index contributed by atoms with van der Waals surface area (Å²) in [5.74, 6) is -1.05. The van der Waals surface area contributed by atoms with Crippen LogP contribution in [0.1, 0.15) is 54.0 Å². The van der Waals surface area contributed by atoms with Crippen molar-refractivity contribution in [3.8, 4) is 0 Å². The Labute approximate surface area is 153 Å². The van der Waals surface area contributed by atoms with E-state index in [1.54, 1.807) is 13.1 Å². The number of halogens is 1. The molecule has 0 fully saturated rings. The van der Waals surface area contributed by atoms with Crippen molar-refractivity contribution in [1.29, 1.82) is 0 Å². The molecule has 2 aromatic heterocycles. The van der Waals surface area contributed by atoms with Gasteiger partial charge in [-0.25, -0.2) is 4.39 Å². The number of rotatable bonds is 3. The zero-order valence-electron chi connectivity index (χ0n) is 14.9. The average Bonchev–Trinajstić information content (AvgIpc) is 3.06. The number of aromatic amines is 2. The van der Waals surface area contributed by atoms with Gasteiger partial charge in [0.2, 0.25) is 5.43 Å². The lowest BCUT2D eigenvalue weighted by Gasteiger charge is -2.26. The van der Waals surface area contributed by atoms with Gasteiger partial charge in [0.1, 0.15) is 11.4 Å². The Morgan fingerprint density at radius 2 is 2.07 bits per heavy atom. The number of nitrogens with one attached hydrogen (secondary N) is 3. The minimum absolute atomic E-state index is 0.0440. The van der Waals surface area contributed by atoms with Crippen LogP contribution >= 0.6 is 0 Å². The zero-order valence-corrected chi connectivity index (χ0v) is 14.9. The summed E-state index contributed by atoms with van der Waals surface area (Å²) >= 11 is 0. The van der Waals surface area contributed by atoms with Gasteiger partial charge in [-0.1, -0.05) is 0 Å². The van der Waals surface area contributed by atoms with E-state index in [0.29, 0.717) is 17.6 Å². The topological polar surface area (TPSA) is 99.8 Å². The normalized spacial score (nSPS) is 17.1. The molecule has 0 spiro atoms. The standard InChI is InChI=1S/C19H19FN4O3/c1-9-3-4-11-5-12(20)6-13-17(11)24(9)8-14(18(13)26)19(27)21-10(2)15-7-16(25)23-22-15/h5-10H,3-4H2,1-2H3,(H,21,27)(H2,22,23,25). The Balaban J connectivity index is 1.80. The van der Waals surface area contributed by atoms with Gasteiger partial charge in [-0.15, -0.1) is 0 Å². The fraction of sp³-hybridized carbons (Fsp3) is 0.316. The molecule has 27 heavy (non-hydrogen) atoms. The first-order valence-electron chi connectivity index (χ1n) is 8.81. The van der Waals surface area contributed by atoms with Crippen molar-refractivity contribution in [2.45, 2.75) is 38.8 Å². The monoisotopic (exact) mass is 370 g/mol. The molecule has 8 heteroatoms. The van der Waals surface area contributed by atoms with Gasteiger partial charge in [0.05, 0.1) is 17.3 Å². The van der Waals surface area contributed by atoms with Gasteiger partial charge in [0.25, 0.3) is 11.5 Å². The molecule has 0 saturated heterocycles. The van der Waals surface area contributed by atoms with Crippen molar-refractivity contribution in [3.63, 3.8) is 0 Å². The van der Waals surface area contributed by atoms with Crippen LogP contribution in [0.15, 0.2) is 34.0 Å². The third-order valence-electron chi connectivity index (χ3n) is 5.15. The van der Waals surface area contributed by atoms with E-state index in [1.807, 2.05) is 11.5 Å². The van der Waals surface area contributed by atoms with Gasteiger partial charge in [0, 0.05) is 23.7 Å². The third-order valence-corrected chi connectivity index (χ3v) is 5.15. The number of carbonyl (C=O) groups is 1. The minimum atomic E-state index is -0.566. The number of aromatic nitrogens is 3. The summed E-state index contributed by atoms with van der Waals surface area (Å²) in [6, 6.07) is 3.57. The number of amides is 1. The Kier molecular flexibility index (Phi) is 3.98. The number of H-pyrrole nitrogens is 2. The quantitative estimate of drug-likeness (QED) is 0.659. The van der Waals surface area contributed by atoms with E-state index in [-0.39, 0.29) is 22.6 Å². The maximum Gasteiger partial charge on any atom is 0.264 e. The van der Waals surface area contributed by atoms with Crippen LogP contribution in [0.5, 0.6) is 0 Å². The van der Waals surface area contributed by atoms with Crippen LogP contribution < -0.4 is 16.3 Å². The summed E-state index contributed by atoms with van der Waals surface area (Å²) in [4.78, 5) is 36.9. The van der Waals surface area contributed by atoms with E-state index >= 15 is 0 Å². The number of hydrogen-bond acceptors (Lipinski definition) is 3. The number of benzene rings is 1. The highest BCUT2D eigenvalue weighted by molar-refractivity contribution is 5.98. The molecule has 2 atom stereocenters. The molecule has 140 valence electrons.